The Hall–Kier alpha value is -2.80. The van der Waals surface area contributed by atoms with Gasteiger partial charge >= 0.3 is 5.97 Å². The molecule has 3 N–H and O–H groups in total. The van der Waals surface area contributed by atoms with Crippen LogP contribution in [0.2, 0.25) is 0 Å². The van der Waals surface area contributed by atoms with Gasteiger partial charge in [0.2, 0.25) is 11.8 Å². The first-order valence-corrected chi connectivity index (χ1v) is 10.1. The van der Waals surface area contributed by atoms with Crippen LogP contribution in [0, 0.1) is 5.41 Å². The summed E-state index contributed by atoms with van der Waals surface area (Å²) in [6.07, 6.45) is 0.439. The lowest BCUT2D eigenvalue weighted by atomic mass is 9.92. The molecule has 154 valence electrons. The van der Waals surface area contributed by atoms with Crippen molar-refractivity contribution < 1.29 is 19.5 Å². The average Bonchev–Trinajstić information content (AvgIpc) is 2.62. The van der Waals surface area contributed by atoms with Gasteiger partial charge in [-0.2, -0.15) is 0 Å². The second-order valence-electron chi connectivity index (χ2n) is 7.94. The predicted octanol–water partition coefficient (Wildman–Crippen LogP) is 4.88. The molecule has 29 heavy (non-hydrogen) atoms. The monoisotopic (exact) mass is 414 g/mol. The van der Waals surface area contributed by atoms with Crippen molar-refractivity contribution in [3.05, 3.63) is 54.1 Å². The minimum Gasteiger partial charge on any atom is -0.478 e. The van der Waals surface area contributed by atoms with E-state index >= 15 is 0 Å². The number of hydrogen-bond acceptors (Lipinski definition) is 4. The largest absolute Gasteiger partial charge is 0.478 e. The summed E-state index contributed by atoms with van der Waals surface area (Å²) in [6, 6.07) is 13.4. The van der Waals surface area contributed by atoms with Crippen LogP contribution in [0.4, 0.5) is 11.4 Å². The molecule has 0 spiro atoms. The normalized spacial score (nSPS) is 12.1. The van der Waals surface area contributed by atoms with Crippen LogP contribution in [-0.2, 0) is 9.59 Å². The quantitative estimate of drug-likeness (QED) is 0.561. The fraction of sp³-hybridized carbons (Fsp3) is 0.318. The molecule has 0 aliphatic rings. The summed E-state index contributed by atoms with van der Waals surface area (Å²) in [7, 11) is 0. The van der Waals surface area contributed by atoms with Crippen LogP contribution < -0.4 is 10.6 Å². The van der Waals surface area contributed by atoms with Gasteiger partial charge in [-0.15, -0.1) is 11.8 Å². The lowest BCUT2D eigenvalue weighted by Gasteiger charge is -2.17. The number of aromatic carboxylic acids is 1. The van der Waals surface area contributed by atoms with E-state index in [2.05, 4.69) is 10.6 Å². The Morgan fingerprint density at radius 2 is 1.45 bits per heavy atom. The molecular formula is C22H26N2O4S. The van der Waals surface area contributed by atoms with E-state index < -0.39 is 5.97 Å². The van der Waals surface area contributed by atoms with Crippen molar-refractivity contribution in [1.82, 2.24) is 0 Å². The van der Waals surface area contributed by atoms with E-state index in [1.54, 1.807) is 19.1 Å². The van der Waals surface area contributed by atoms with Crippen LogP contribution in [-0.4, -0.2) is 28.1 Å². The van der Waals surface area contributed by atoms with Gasteiger partial charge in [0, 0.05) is 22.7 Å². The summed E-state index contributed by atoms with van der Waals surface area (Å²) in [6.45, 7) is 7.84. The first-order valence-electron chi connectivity index (χ1n) is 9.24. The molecule has 1 unspecified atom stereocenters. The number of anilines is 2. The van der Waals surface area contributed by atoms with Gasteiger partial charge < -0.3 is 15.7 Å². The van der Waals surface area contributed by atoms with E-state index in [4.69, 9.17) is 5.11 Å². The predicted molar refractivity (Wildman–Crippen MR) is 116 cm³/mol. The zero-order valence-electron chi connectivity index (χ0n) is 17.0. The van der Waals surface area contributed by atoms with Gasteiger partial charge in [-0.05, 0) is 60.9 Å². The molecule has 2 aromatic carbocycles. The summed E-state index contributed by atoms with van der Waals surface area (Å²) in [5.41, 5.74) is 1.36. The summed E-state index contributed by atoms with van der Waals surface area (Å²) in [5, 5.41) is 14.2. The number of thioether (sulfide) groups is 1. The van der Waals surface area contributed by atoms with E-state index in [1.807, 2.05) is 45.0 Å². The number of benzene rings is 2. The highest BCUT2D eigenvalue weighted by molar-refractivity contribution is 8.00. The van der Waals surface area contributed by atoms with E-state index in [9.17, 15) is 14.4 Å². The highest BCUT2D eigenvalue weighted by Crippen LogP contribution is 2.26. The zero-order valence-corrected chi connectivity index (χ0v) is 17.8. The summed E-state index contributed by atoms with van der Waals surface area (Å²) < 4.78 is 0. The second-order valence-corrected chi connectivity index (χ2v) is 9.36. The number of carbonyl (C=O) groups excluding carboxylic acids is 2. The summed E-state index contributed by atoms with van der Waals surface area (Å²) in [4.78, 5) is 36.2. The van der Waals surface area contributed by atoms with Crippen molar-refractivity contribution in [2.24, 2.45) is 5.41 Å². The Labute approximate surface area is 175 Å². The molecule has 2 rings (SSSR count). The maximum Gasteiger partial charge on any atom is 0.335 e. The number of hydrogen-bond donors (Lipinski definition) is 3. The first-order chi connectivity index (χ1) is 13.5. The van der Waals surface area contributed by atoms with Crippen LogP contribution in [0.3, 0.4) is 0 Å². The highest BCUT2D eigenvalue weighted by Gasteiger charge is 2.17. The first kappa shape index (κ1) is 22.5. The van der Waals surface area contributed by atoms with Crippen LogP contribution in [0.25, 0.3) is 0 Å². The lowest BCUT2D eigenvalue weighted by molar-refractivity contribution is -0.118. The maximum absolute atomic E-state index is 12.4. The minimum atomic E-state index is -1.01. The third-order valence-electron chi connectivity index (χ3n) is 3.91. The molecule has 0 fully saturated rings. The molecule has 0 heterocycles. The topological polar surface area (TPSA) is 95.5 Å². The lowest BCUT2D eigenvalue weighted by Crippen LogP contribution is -2.22. The molecule has 0 saturated carbocycles. The Morgan fingerprint density at radius 3 is 1.97 bits per heavy atom. The van der Waals surface area contributed by atoms with Gasteiger partial charge in [0.1, 0.15) is 0 Å². The van der Waals surface area contributed by atoms with E-state index in [-0.39, 0.29) is 28.0 Å². The van der Waals surface area contributed by atoms with Gasteiger partial charge in [0.15, 0.2) is 0 Å². The molecule has 2 aromatic rings. The van der Waals surface area contributed by atoms with Crippen molar-refractivity contribution in [2.45, 2.75) is 44.3 Å². The van der Waals surface area contributed by atoms with Gasteiger partial charge in [0.05, 0.1) is 10.8 Å². The minimum absolute atomic E-state index is 0.0282. The van der Waals surface area contributed by atoms with Gasteiger partial charge in [-0.25, -0.2) is 4.79 Å². The molecule has 0 bridgehead atoms. The Balaban J connectivity index is 1.89. The number of rotatable bonds is 7. The molecule has 0 aromatic heterocycles. The van der Waals surface area contributed by atoms with Crippen LogP contribution in [0.15, 0.2) is 53.4 Å². The summed E-state index contributed by atoms with van der Waals surface area (Å²) >= 11 is 1.40. The molecule has 0 radical (unpaired) electrons. The fourth-order valence-corrected chi connectivity index (χ4v) is 3.37. The van der Waals surface area contributed by atoms with Crippen molar-refractivity contribution in [3.8, 4) is 0 Å². The third-order valence-corrected chi connectivity index (χ3v) is 5.02. The Morgan fingerprint density at radius 1 is 0.931 bits per heavy atom. The zero-order chi connectivity index (χ0) is 21.6. The SMILES string of the molecule is CC(Sc1ccc(NC(=O)CC(C)(C)C)cc1)C(=O)Nc1ccc(C(=O)O)cc1. The summed E-state index contributed by atoms with van der Waals surface area (Å²) in [5.74, 6) is -1.22. The van der Waals surface area contributed by atoms with Crippen molar-refractivity contribution in [1.29, 1.82) is 0 Å². The van der Waals surface area contributed by atoms with Gasteiger partial charge in [0.25, 0.3) is 0 Å². The molecule has 7 heteroatoms. The van der Waals surface area contributed by atoms with Crippen LogP contribution in [0.1, 0.15) is 44.5 Å². The fourth-order valence-electron chi connectivity index (χ4n) is 2.50. The number of nitrogens with one attached hydrogen (secondary N) is 2. The van der Waals surface area contributed by atoms with Crippen molar-refractivity contribution >= 4 is 40.9 Å². The van der Waals surface area contributed by atoms with Crippen molar-refractivity contribution in [3.63, 3.8) is 0 Å². The Bertz CT molecular complexity index is 871. The van der Waals surface area contributed by atoms with Gasteiger partial charge in [-0.3, -0.25) is 9.59 Å². The molecule has 0 aliphatic heterocycles. The molecular weight excluding hydrogens is 388 g/mol. The average molecular weight is 415 g/mol. The molecule has 2 amide bonds. The van der Waals surface area contributed by atoms with Crippen molar-refractivity contribution in [2.75, 3.05) is 10.6 Å². The van der Waals surface area contributed by atoms with Crippen LogP contribution in [0.5, 0.6) is 0 Å². The van der Waals surface area contributed by atoms with E-state index in [1.165, 1.54) is 23.9 Å². The van der Waals surface area contributed by atoms with E-state index in [0.717, 1.165) is 10.6 Å². The molecule has 0 saturated heterocycles. The van der Waals surface area contributed by atoms with Gasteiger partial charge in [-0.1, -0.05) is 20.8 Å². The highest BCUT2D eigenvalue weighted by atomic mass is 32.2. The smallest absolute Gasteiger partial charge is 0.335 e. The standard InChI is InChI=1S/C22H26N2O4S/c1-14(20(26)24-17-7-5-15(6-8-17)21(27)28)29-18-11-9-16(10-12-18)23-19(25)13-22(2,3)4/h5-12,14H,13H2,1-4H3,(H,23,25)(H,24,26)(H,27,28). The van der Waals surface area contributed by atoms with Crippen LogP contribution >= 0.6 is 11.8 Å². The number of carboxylic acids is 1. The molecule has 6 nitrogen and oxygen atoms in total. The third kappa shape index (κ3) is 7.62. The molecule has 0 aliphatic carbocycles. The second kappa shape index (κ2) is 9.60. The molecule has 1 atom stereocenters. The maximum atomic E-state index is 12.4. The number of carboxylic acid groups (broad SMARTS) is 1. The number of carbonyl (C=O) groups is 3. The number of amides is 2. The Kier molecular flexibility index (Phi) is 7.45. The van der Waals surface area contributed by atoms with E-state index in [0.29, 0.717) is 12.1 Å².